The number of nitro groups is 1. The molecule has 0 amide bonds. The lowest BCUT2D eigenvalue weighted by Crippen LogP contribution is -2.28. The highest BCUT2D eigenvalue weighted by atomic mass is 19.1. The molecule has 0 unspecified atom stereocenters. The number of benzene rings is 1. The first-order valence-corrected chi connectivity index (χ1v) is 4.44. The first-order chi connectivity index (χ1) is 7.26. The highest BCUT2D eigenvalue weighted by molar-refractivity contribution is 5.80. The second-order valence-corrected chi connectivity index (χ2v) is 3.85. The molecule has 0 fully saturated rings. The minimum atomic E-state index is -1.28. The van der Waals surface area contributed by atoms with Crippen molar-refractivity contribution < 1.29 is 19.2 Å². The molecule has 0 radical (unpaired) electrons. The lowest BCUT2D eigenvalue weighted by Gasteiger charge is -2.19. The van der Waals surface area contributed by atoms with Crippen molar-refractivity contribution in [3.05, 3.63) is 39.7 Å². The van der Waals surface area contributed by atoms with E-state index in [4.69, 9.17) is 5.11 Å². The van der Waals surface area contributed by atoms with Crippen molar-refractivity contribution in [1.29, 1.82) is 0 Å². The molecule has 0 saturated carbocycles. The Balaban J connectivity index is 3.26. The average Bonchev–Trinajstić information content (AvgIpc) is 2.16. The monoisotopic (exact) mass is 227 g/mol. The second kappa shape index (κ2) is 3.88. The zero-order chi connectivity index (χ0) is 12.5. The maximum Gasteiger partial charge on any atom is 0.313 e. The van der Waals surface area contributed by atoms with E-state index in [9.17, 15) is 19.3 Å². The summed E-state index contributed by atoms with van der Waals surface area (Å²) in [5, 5.41) is 19.3. The van der Waals surface area contributed by atoms with Crippen LogP contribution in [-0.2, 0) is 10.2 Å². The van der Waals surface area contributed by atoms with Crippen molar-refractivity contribution in [2.75, 3.05) is 0 Å². The average molecular weight is 227 g/mol. The van der Waals surface area contributed by atoms with Crippen LogP contribution in [0.25, 0.3) is 0 Å². The SMILES string of the molecule is CC(C)(C(=O)O)c1ccc([N+](=O)[O-])c(F)c1. The lowest BCUT2D eigenvalue weighted by atomic mass is 9.85. The molecule has 0 heterocycles. The highest BCUT2D eigenvalue weighted by Crippen LogP contribution is 2.27. The number of nitrogens with zero attached hydrogens (tertiary/aromatic N) is 1. The van der Waals surface area contributed by atoms with Gasteiger partial charge in [-0.25, -0.2) is 0 Å². The zero-order valence-corrected chi connectivity index (χ0v) is 8.73. The van der Waals surface area contributed by atoms with Crippen molar-refractivity contribution in [1.82, 2.24) is 0 Å². The number of carbonyl (C=O) groups is 1. The fourth-order valence-electron chi connectivity index (χ4n) is 1.17. The fourth-order valence-corrected chi connectivity index (χ4v) is 1.17. The minimum absolute atomic E-state index is 0.183. The predicted octanol–water partition coefficient (Wildman–Crippen LogP) is 2.10. The molecular formula is C10H10FNO4. The van der Waals surface area contributed by atoms with E-state index in [0.29, 0.717) is 0 Å². The summed E-state index contributed by atoms with van der Waals surface area (Å²) < 4.78 is 13.3. The standard InChI is InChI=1S/C10H10FNO4/c1-10(2,9(13)14)6-3-4-8(12(15)16)7(11)5-6/h3-5H,1-2H3,(H,13,14). The smallest absolute Gasteiger partial charge is 0.313 e. The first-order valence-electron chi connectivity index (χ1n) is 4.44. The van der Waals surface area contributed by atoms with Crippen LogP contribution in [0.4, 0.5) is 10.1 Å². The number of hydrogen-bond donors (Lipinski definition) is 1. The molecule has 1 aromatic rings. The number of hydrogen-bond acceptors (Lipinski definition) is 3. The number of rotatable bonds is 3. The lowest BCUT2D eigenvalue weighted by molar-refractivity contribution is -0.387. The third-order valence-electron chi connectivity index (χ3n) is 2.40. The predicted molar refractivity (Wildman–Crippen MR) is 53.7 cm³/mol. The summed E-state index contributed by atoms with van der Waals surface area (Å²) in [6, 6.07) is 3.09. The molecule has 5 nitrogen and oxygen atoms in total. The number of carboxylic acid groups (broad SMARTS) is 1. The van der Waals surface area contributed by atoms with Crippen LogP contribution >= 0.6 is 0 Å². The summed E-state index contributed by atoms with van der Waals surface area (Å²) in [4.78, 5) is 20.4. The van der Waals surface area contributed by atoms with E-state index < -0.39 is 27.8 Å². The van der Waals surface area contributed by atoms with Crippen molar-refractivity contribution in [2.45, 2.75) is 19.3 Å². The molecule has 6 heteroatoms. The topological polar surface area (TPSA) is 80.4 Å². The highest BCUT2D eigenvalue weighted by Gasteiger charge is 2.31. The largest absolute Gasteiger partial charge is 0.481 e. The Morgan fingerprint density at radius 2 is 2.06 bits per heavy atom. The van der Waals surface area contributed by atoms with Gasteiger partial charge in [0, 0.05) is 6.07 Å². The van der Waals surface area contributed by atoms with Crippen LogP contribution in [-0.4, -0.2) is 16.0 Å². The molecule has 0 aromatic heterocycles. The summed E-state index contributed by atoms with van der Waals surface area (Å²) in [5.41, 5.74) is -1.76. The summed E-state index contributed by atoms with van der Waals surface area (Å²) in [5.74, 6) is -2.16. The van der Waals surface area contributed by atoms with Crippen molar-refractivity contribution in [3.8, 4) is 0 Å². The molecule has 86 valence electrons. The van der Waals surface area contributed by atoms with Crippen LogP contribution in [0.1, 0.15) is 19.4 Å². The zero-order valence-electron chi connectivity index (χ0n) is 8.73. The second-order valence-electron chi connectivity index (χ2n) is 3.85. The van der Waals surface area contributed by atoms with Gasteiger partial charge in [0.2, 0.25) is 5.82 Å². The number of carboxylic acids is 1. The molecule has 0 spiro atoms. The molecule has 1 aromatic carbocycles. The Hall–Kier alpha value is -1.98. The van der Waals surface area contributed by atoms with Crippen LogP contribution in [0.2, 0.25) is 0 Å². The van der Waals surface area contributed by atoms with Crippen LogP contribution in [0.15, 0.2) is 18.2 Å². The summed E-state index contributed by atoms with van der Waals surface area (Å²) in [7, 11) is 0. The van der Waals surface area contributed by atoms with Crippen LogP contribution < -0.4 is 0 Å². The van der Waals surface area contributed by atoms with Gasteiger partial charge in [-0.15, -0.1) is 0 Å². The molecule has 1 rings (SSSR count). The Morgan fingerprint density at radius 3 is 2.44 bits per heavy atom. The molecule has 0 aliphatic heterocycles. The van der Waals surface area contributed by atoms with Gasteiger partial charge in [0.25, 0.3) is 0 Å². The van der Waals surface area contributed by atoms with Gasteiger partial charge in [-0.05, 0) is 25.5 Å². The summed E-state index contributed by atoms with van der Waals surface area (Å²) in [6.45, 7) is 2.80. The molecule has 16 heavy (non-hydrogen) atoms. The molecule has 0 aliphatic rings. The number of nitro benzene ring substituents is 1. The van der Waals surface area contributed by atoms with E-state index in [1.807, 2.05) is 0 Å². The maximum atomic E-state index is 13.3. The summed E-state index contributed by atoms with van der Waals surface area (Å²) >= 11 is 0. The molecule has 1 N–H and O–H groups in total. The van der Waals surface area contributed by atoms with E-state index >= 15 is 0 Å². The fraction of sp³-hybridized carbons (Fsp3) is 0.300. The van der Waals surface area contributed by atoms with Gasteiger partial charge in [-0.2, -0.15) is 4.39 Å². The van der Waals surface area contributed by atoms with Crippen LogP contribution in [0.5, 0.6) is 0 Å². The number of halogens is 1. The minimum Gasteiger partial charge on any atom is -0.481 e. The van der Waals surface area contributed by atoms with Gasteiger partial charge in [0.1, 0.15) is 0 Å². The van der Waals surface area contributed by atoms with E-state index in [0.717, 1.165) is 12.1 Å². The third-order valence-corrected chi connectivity index (χ3v) is 2.40. The van der Waals surface area contributed by atoms with Gasteiger partial charge in [0.05, 0.1) is 10.3 Å². The van der Waals surface area contributed by atoms with Gasteiger partial charge in [-0.3, -0.25) is 14.9 Å². The molecular weight excluding hydrogens is 217 g/mol. The van der Waals surface area contributed by atoms with E-state index in [-0.39, 0.29) is 5.56 Å². The van der Waals surface area contributed by atoms with Crippen LogP contribution in [0.3, 0.4) is 0 Å². The Kier molecular flexibility index (Phi) is 2.93. The summed E-state index contributed by atoms with van der Waals surface area (Å²) in [6.07, 6.45) is 0. The van der Waals surface area contributed by atoms with Crippen molar-refractivity contribution in [2.24, 2.45) is 0 Å². The van der Waals surface area contributed by atoms with Gasteiger partial charge in [0.15, 0.2) is 0 Å². The van der Waals surface area contributed by atoms with Crippen LogP contribution in [0, 0.1) is 15.9 Å². The molecule has 0 bridgehead atoms. The Labute approximate surface area is 90.7 Å². The Morgan fingerprint density at radius 1 is 1.50 bits per heavy atom. The molecule has 0 atom stereocenters. The first kappa shape index (κ1) is 12.1. The Bertz CT molecular complexity index is 456. The normalized spacial score (nSPS) is 11.2. The van der Waals surface area contributed by atoms with Gasteiger partial charge >= 0.3 is 11.7 Å². The quantitative estimate of drug-likeness (QED) is 0.633. The molecule has 0 saturated heterocycles. The molecule has 0 aliphatic carbocycles. The van der Waals surface area contributed by atoms with Gasteiger partial charge in [-0.1, -0.05) is 6.07 Å². The van der Waals surface area contributed by atoms with E-state index in [1.165, 1.54) is 19.9 Å². The van der Waals surface area contributed by atoms with Crippen molar-refractivity contribution in [3.63, 3.8) is 0 Å². The maximum absolute atomic E-state index is 13.3. The number of aliphatic carboxylic acids is 1. The van der Waals surface area contributed by atoms with Crippen molar-refractivity contribution >= 4 is 11.7 Å². The van der Waals surface area contributed by atoms with E-state index in [1.54, 1.807) is 0 Å². The van der Waals surface area contributed by atoms with Gasteiger partial charge < -0.3 is 5.11 Å². The van der Waals surface area contributed by atoms with E-state index in [2.05, 4.69) is 0 Å². The third kappa shape index (κ3) is 2.00.